The molecular formula is C25H32F3NO3. The van der Waals surface area contributed by atoms with Gasteiger partial charge in [0.25, 0.3) is 0 Å². The molecule has 1 aliphatic heterocycles. The Labute approximate surface area is 188 Å². The molecule has 0 aromatic heterocycles. The van der Waals surface area contributed by atoms with E-state index in [-0.39, 0.29) is 5.92 Å². The Bertz CT molecular complexity index is 887. The predicted molar refractivity (Wildman–Crippen MR) is 117 cm³/mol. The first-order valence-electron chi connectivity index (χ1n) is 11.4. The largest absolute Gasteiger partial charge is 0.494 e. The minimum atomic E-state index is -4.40. The molecule has 0 N–H and O–H groups in total. The van der Waals surface area contributed by atoms with Gasteiger partial charge in [0.15, 0.2) is 5.79 Å². The van der Waals surface area contributed by atoms with Gasteiger partial charge in [0.05, 0.1) is 30.9 Å². The van der Waals surface area contributed by atoms with Crippen LogP contribution in [-0.4, -0.2) is 50.1 Å². The summed E-state index contributed by atoms with van der Waals surface area (Å²) in [6.07, 6.45) is 4.20. The molecule has 0 amide bonds. The first-order valence-corrected chi connectivity index (χ1v) is 11.4. The van der Waals surface area contributed by atoms with Crippen LogP contribution in [0.5, 0.6) is 0 Å². The van der Waals surface area contributed by atoms with Crippen LogP contribution in [0.25, 0.3) is 5.57 Å². The Hall–Kier alpha value is -1.83. The average molecular weight is 452 g/mol. The second kappa shape index (κ2) is 8.84. The zero-order valence-electron chi connectivity index (χ0n) is 19.0. The molecule has 2 unspecified atom stereocenters. The number of benzene rings is 1. The van der Waals surface area contributed by atoms with Crippen molar-refractivity contribution < 1.29 is 27.4 Å². The van der Waals surface area contributed by atoms with E-state index in [0.717, 1.165) is 37.3 Å². The number of allylic oxidation sites excluding steroid dienone is 1. The molecule has 2 fully saturated rings. The second-order valence-corrected chi connectivity index (χ2v) is 9.09. The summed E-state index contributed by atoms with van der Waals surface area (Å²) in [5.74, 6) is 0.224. The zero-order chi connectivity index (χ0) is 23.0. The Morgan fingerprint density at radius 3 is 2.56 bits per heavy atom. The number of ether oxygens (including phenoxy) is 3. The lowest BCUT2D eigenvalue weighted by Crippen LogP contribution is -2.50. The van der Waals surface area contributed by atoms with Crippen LogP contribution in [0.1, 0.15) is 50.2 Å². The third kappa shape index (κ3) is 4.22. The minimum absolute atomic E-state index is 0.132. The highest BCUT2D eigenvalue weighted by Crippen LogP contribution is 2.50. The van der Waals surface area contributed by atoms with Gasteiger partial charge in [0.2, 0.25) is 0 Å². The van der Waals surface area contributed by atoms with Crippen molar-refractivity contribution in [2.75, 3.05) is 33.9 Å². The fourth-order valence-corrected chi connectivity index (χ4v) is 5.46. The lowest BCUT2D eigenvalue weighted by Gasteiger charge is -2.46. The molecule has 0 bridgehead atoms. The number of nitrogens with zero attached hydrogens (tertiary/aromatic N) is 1. The molecular weight excluding hydrogens is 419 g/mol. The Morgan fingerprint density at radius 1 is 1.16 bits per heavy atom. The molecule has 1 aromatic rings. The first kappa shape index (κ1) is 23.3. The third-order valence-corrected chi connectivity index (χ3v) is 7.03. The van der Waals surface area contributed by atoms with E-state index in [9.17, 15) is 13.2 Å². The van der Waals surface area contributed by atoms with Crippen LogP contribution in [0.2, 0.25) is 0 Å². The summed E-state index contributed by atoms with van der Waals surface area (Å²) in [4.78, 5) is 2.09. The lowest BCUT2D eigenvalue weighted by molar-refractivity contribution is -0.216. The van der Waals surface area contributed by atoms with Crippen molar-refractivity contribution in [3.63, 3.8) is 0 Å². The molecule has 0 radical (unpaired) electrons. The Balaban J connectivity index is 1.77. The second-order valence-electron chi connectivity index (χ2n) is 9.09. The van der Waals surface area contributed by atoms with Crippen molar-refractivity contribution in [2.45, 2.75) is 56.5 Å². The van der Waals surface area contributed by atoms with Gasteiger partial charge < -0.3 is 14.2 Å². The van der Waals surface area contributed by atoms with Gasteiger partial charge in [-0.3, -0.25) is 4.90 Å². The van der Waals surface area contributed by atoms with Crippen LogP contribution in [0, 0.1) is 5.92 Å². The summed E-state index contributed by atoms with van der Waals surface area (Å²) < 4.78 is 58.6. The van der Waals surface area contributed by atoms with Gasteiger partial charge in [-0.25, -0.2) is 0 Å². The van der Waals surface area contributed by atoms with Gasteiger partial charge in [0, 0.05) is 12.3 Å². The molecule has 2 atom stereocenters. The molecule has 1 saturated carbocycles. The molecule has 7 heteroatoms. The standard InChI is InChI=1S/C25H32F3NO3/c1-4-30-21-15-22(18-8-7-10-19(14-18)25(26,27)28)23(17-21,29(2)3)16-20-9-5-6-11-24(20)31-12-13-32-24/h7-8,10,14-15,17,20H,4-6,9,11-13,16H2,1-3H3. The van der Waals surface area contributed by atoms with E-state index in [4.69, 9.17) is 14.2 Å². The molecule has 1 heterocycles. The SMILES string of the molecule is CCOC1=CC(CC2CCCCC23OCCO3)(N(C)C)C(c2cccc(C(F)(F)F)c2)=C1. The van der Waals surface area contributed by atoms with Gasteiger partial charge >= 0.3 is 6.18 Å². The third-order valence-electron chi connectivity index (χ3n) is 7.03. The smallest absolute Gasteiger partial charge is 0.416 e. The van der Waals surface area contributed by atoms with Crippen molar-refractivity contribution in [3.05, 3.63) is 53.3 Å². The number of alkyl halides is 3. The van der Waals surface area contributed by atoms with Gasteiger partial charge in [-0.2, -0.15) is 13.2 Å². The summed E-state index contributed by atoms with van der Waals surface area (Å²) in [5, 5.41) is 0. The minimum Gasteiger partial charge on any atom is -0.494 e. The number of rotatable bonds is 6. The topological polar surface area (TPSA) is 30.9 Å². The van der Waals surface area contributed by atoms with E-state index < -0.39 is 23.1 Å². The maximum atomic E-state index is 13.5. The summed E-state index contributed by atoms with van der Waals surface area (Å²) in [5.41, 5.74) is 0.0948. The normalized spacial score (nSPS) is 27.7. The number of halogens is 3. The predicted octanol–water partition coefficient (Wildman–Crippen LogP) is 5.65. The summed E-state index contributed by atoms with van der Waals surface area (Å²) in [6.45, 7) is 3.57. The highest BCUT2D eigenvalue weighted by atomic mass is 19.4. The maximum Gasteiger partial charge on any atom is 0.416 e. The van der Waals surface area contributed by atoms with Gasteiger partial charge in [-0.05, 0) is 75.7 Å². The summed E-state index contributed by atoms with van der Waals surface area (Å²) in [6, 6.07) is 5.58. The highest BCUT2D eigenvalue weighted by Gasteiger charge is 2.51. The monoisotopic (exact) mass is 451 g/mol. The van der Waals surface area contributed by atoms with E-state index in [1.165, 1.54) is 12.1 Å². The molecule has 2 aliphatic carbocycles. The Kier molecular flexibility index (Phi) is 6.45. The fraction of sp³-hybridized carbons (Fsp3) is 0.600. The molecule has 32 heavy (non-hydrogen) atoms. The molecule has 1 spiro atoms. The van der Waals surface area contributed by atoms with Gasteiger partial charge in [-0.15, -0.1) is 0 Å². The van der Waals surface area contributed by atoms with Crippen LogP contribution >= 0.6 is 0 Å². The molecule has 1 saturated heterocycles. The van der Waals surface area contributed by atoms with Crippen molar-refractivity contribution in [1.29, 1.82) is 0 Å². The summed E-state index contributed by atoms with van der Waals surface area (Å²) in [7, 11) is 3.94. The van der Waals surface area contributed by atoms with Crippen molar-refractivity contribution in [1.82, 2.24) is 4.90 Å². The summed E-state index contributed by atoms with van der Waals surface area (Å²) >= 11 is 0. The maximum absolute atomic E-state index is 13.5. The van der Waals surface area contributed by atoms with E-state index in [1.54, 1.807) is 6.07 Å². The van der Waals surface area contributed by atoms with Gasteiger partial charge in [0.1, 0.15) is 5.76 Å². The van der Waals surface area contributed by atoms with Gasteiger partial charge in [-0.1, -0.05) is 18.6 Å². The molecule has 4 rings (SSSR count). The number of hydrogen-bond donors (Lipinski definition) is 0. The molecule has 1 aromatic carbocycles. The quantitative estimate of drug-likeness (QED) is 0.560. The van der Waals surface area contributed by atoms with Crippen molar-refractivity contribution in [2.24, 2.45) is 5.92 Å². The van der Waals surface area contributed by atoms with E-state index in [2.05, 4.69) is 11.0 Å². The van der Waals surface area contributed by atoms with E-state index in [0.29, 0.717) is 37.6 Å². The van der Waals surface area contributed by atoms with Crippen LogP contribution in [0.3, 0.4) is 0 Å². The average Bonchev–Trinajstić information content (AvgIpc) is 3.36. The Morgan fingerprint density at radius 2 is 1.91 bits per heavy atom. The van der Waals surface area contributed by atoms with Crippen LogP contribution in [-0.2, 0) is 20.4 Å². The van der Waals surface area contributed by atoms with Crippen LogP contribution < -0.4 is 0 Å². The van der Waals surface area contributed by atoms with Crippen molar-refractivity contribution >= 4 is 5.57 Å². The lowest BCUT2D eigenvalue weighted by atomic mass is 9.72. The van der Waals surface area contributed by atoms with Crippen LogP contribution in [0.15, 0.2) is 42.2 Å². The molecule has 3 aliphatic rings. The van der Waals surface area contributed by atoms with Crippen molar-refractivity contribution in [3.8, 4) is 0 Å². The van der Waals surface area contributed by atoms with Crippen LogP contribution in [0.4, 0.5) is 13.2 Å². The van der Waals surface area contributed by atoms with E-state index in [1.807, 2.05) is 27.1 Å². The molecule has 176 valence electrons. The fourth-order valence-electron chi connectivity index (χ4n) is 5.46. The highest BCUT2D eigenvalue weighted by molar-refractivity contribution is 5.81. The number of likely N-dealkylation sites (N-methyl/N-ethyl adjacent to an activating group) is 1. The van der Waals surface area contributed by atoms with E-state index >= 15 is 0 Å². The number of hydrogen-bond acceptors (Lipinski definition) is 4. The first-order chi connectivity index (χ1) is 15.2. The molecule has 4 nitrogen and oxygen atoms in total. The zero-order valence-corrected chi connectivity index (χ0v) is 19.0.